The quantitative estimate of drug-likeness (QED) is 0.529. The molecule has 1 rings (SSSR count). The Kier molecular flexibility index (Phi) is 6.36. The zero-order valence-corrected chi connectivity index (χ0v) is 12.6. The molecule has 0 aliphatic heterocycles. The van der Waals surface area contributed by atoms with Gasteiger partial charge in [-0.1, -0.05) is 53.7 Å². The highest BCUT2D eigenvalue weighted by atomic mass is 14.4. The maximum atomic E-state index is 4.12. The van der Waals surface area contributed by atoms with Crippen LogP contribution in [0.1, 0.15) is 67.7 Å². The van der Waals surface area contributed by atoms with Gasteiger partial charge in [0.25, 0.3) is 0 Å². The SMILES string of the molecule is C=C(C)C1CCC(C)(C)C(C(C)C)C1.CC. The lowest BCUT2D eigenvalue weighted by atomic mass is 9.61. The van der Waals surface area contributed by atoms with Crippen molar-refractivity contribution in [1.29, 1.82) is 0 Å². The fourth-order valence-electron chi connectivity index (χ4n) is 3.10. The van der Waals surface area contributed by atoms with E-state index in [4.69, 9.17) is 0 Å². The molecule has 1 aliphatic rings. The van der Waals surface area contributed by atoms with E-state index in [1.165, 1.54) is 24.8 Å². The van der Waals surface area contributed by atoms with Crippen LogP contribution in [0.3, 0.4) is 0 Å². The average molecular weight is 224 g/mol. The van der Waals surface area contributed by atoms with E-state index >= 15 is 0 Å². The van der Waals surface area contributed by atoms with Crippen molar-refractivity contribution in [2.75, 3.05) is 0 Å². The van der Waals surface area contributed by atoms with E-state index in [1.54, 1.807) is 0 Å². The van der Waals surface area contributed by atoms with Gasteiger partial charge >= 0.3 is 0 Å². The Hall–Kier alpha value is -0.260. The molecule has 0 aromatic carbocycles. The fourth-order valence-corrected chi connectivity index (χ4v) is 3.10. The summed E-state index contributed by atoms with van der Waals surface area (Å²) in [6.45, 7) is 19.9. The number of hydrogen-bond donors (Lipinski definition) is 0. The third-order valence-electron chi connectivity index (χ3n) is 4.18. The largest absolute Gasteiger partial charge is 0.0999 e. The van der Waals surface area contributed by atoms with Crippen LogP contribution in [0.4, 0.5) is 0 Å². The first-order valence-corrected chi connectivity index (χ1v) is 7.00. The van der Waals surface area contributed by atoms with Crippen LogP contribution in [0.5, 0.6) is 0 Å². The topological polar surface area (TPSA) is 0 Å². The molecule has 2 atom stereocenters. The molecule has 0 amide bonds. The molecule has 0 bridgehead atoms. The summed E-state index contributed by atoms with van der Waals surface area (Å²) in [5, 5.41) is 0. The van der Waals surface area contributed by atoms with E-state index in [2.05, 4.69) is 41.2 Å². The van der Waals surface area contributed by atoms with Crippen molar-refractivity contribution >= 4 is 0 Å². The van der Waals surface area contributed by atoms with E-state index in [-0.39, 0.29) is 0 Å². The van der Waals surface area contributed by atoms with Crippen LogP contribution in [0.2, 0.25) is 0 Å². The Morgan fingerprint density at radius 2 is 1.75 bits per heavy atom. The molecule has 0 spiro atoms. The summed E-state index contributed by atoms with van der Waals surface area (Å²) >= 11 is 0. The fraction of sp³-hybridized carbons (Fsp3) is 0.875. The summed E-state index contributed by atoms with van der Waals surface area (Å²) in [6.07, 6.45) is 4.08. The van der Waals surface area contributed by atoms with Crippen LogP contribution >= 0.6 is 0 Å². The monoisotopic (exact) mass is 224 g/mol. The van der Waals surface area contributed by atoms with E-state index in [0.717, 1.165) is 17.8 Å². The van der Waals surface area contributed by atoms with Gasteiger partial charge in [-0.3, -0.25) is 0 Å². The van der Waals surface area contributed by atoms with Gasteiger partial charge in [0.2, 0.25) is 0 Å². The highest BCUT2D eigenvalue weighted by molar-refractivity contribution is 5.01. The molecule has 16 heavy (non-hydrogen) atoms. The Labute approximate surface area is 104 Å². The predicted molar refractivity (Wildman–Crippen MR) is 75.6 cm³/mol. The third-order valence-corrected chi connectivity index (χ3v) is 4.18. The number of hydrogen-bond acceptors (Lipinski definition) is 0. The summed E-state index contributed by atoms with van der Waals surface area (Å²) < 4.78 is 0. The second-order valence-electron chi connectivity index (χ2n) is 6.16. The predicted octanol–water partition coefficient (Wildman–Crippen LogP) is 5.69. The number of rotatable bonds is 2. The van der Waals surface area contributed by atoms with Crippen LogP contribution in [0.25, 0.3) is 0 Å². The second kappa shape index (κ2) is 6.47. The zero-order valence-electron chi connectivity index (χ0n) is 12.6. The van der Waals surface area contributed by atoms with Crippen molar-refractivity contribution in [1.82, 2.24) is 0 Å². The summed E-state index contributed by atoms with van der Waals surface area (Å²) in [6, 6.07) is 0. The first-order valence-electron chi connectivity index (χ1n) is 7.00. The Balaban J connectivity index is 0.00000106. The Morgan fingerprint density at radius 3 is 2.12 bits per heavy atom. The molecule has 0 heterocycles. The molecule has 1 fully saturated rings. The molecule has 0 nitrogen and oxygen atoms in total. The summed E-state index contributed by atoms with van der Waals surface area (Å²) in [7, 11) is 0. The molecule has 0 radical (unpaired) electrons. The van der Waals surface area contributed by atoms with E-state index in [0.29, 0.717) is 5.41 Å². The Morgan fingerprint density at radius 1 is 1.25 bits per heavy atom. The molecular weight excluding hydrogens is 192 g/mol. The smallest absolute Gasteiger partial charge is 0.0206 e. The lowest BCUT2D eigenvalue weighted by Crippen LogP contribution is -2.35. The summed E-state index contributed by atoms with van der Waals surface area (Å²) in [5.74, 6) is 2.47. The minimum absolute atomic E-state index is 0.542. The number of allylic oxidation sites excluding steroid dienone is 1. The molecule has 0 saturated heterocycles. The van der Waals surface area contributed by atoms with Crippen molar-refractivity contribution < 1.29 is 0 Å². The standard InChI is InChI=1S/C14H26.C2H6/c1-10(2)12-7-8-14(5,6)13(9-12)11(3)4;1-2/h11-13H,1,7-9H2,2-6H3;1-2H3. The molecular formula is C16H32. The minimum Gasteiger partial charge on any atom is -0.0999 e. The van der Waals surface area contributed by atoms with Gasteiger partial charge in [-0.05, 0) is 49.4 Å². The molecule has 0 aromatic heterocycles. The van der Waals surface area contributed by atoms with Gasteiger partial charge < -0.3 is 0 Å². The first-order chi connectivity index (χ1) is 7.34. The average Bonchev–Trinajstić information content (AvgIpc) is 2.19. The van der Waals surface area contributed by atoms with Crippen molar-refractivity contribution in [3.63, 3.8) is 0 Å². The summed E-state index contributed by atoms with van der Waals surface area (Å²) in [4.78, 5) is 0. The second-order valence-corrected chi connectivity index (χ2v) is 6.16. The molecule has 1 saturated carbocycles. The highest BCUT2D eigenvalue weighted by Gasteiger charge is 2.37. The van der Waals surface area contributed by atoms with E-state index < -0.39 is 0 Å². The molecule has 96 valence electrons. The molecule has 0 aromatic rings. The van der Waals surface area contributed by atoms with Gasteiger partial charge in [0, 0.05) is 0 Å². The third kappa shape index (κ3) is 3.96. The van der Waals surface area contributed by atoms with Crippen molar-refractivity contribution in [2.45, 2.75) is 67.7 Å². The van der Waals surface area contributed by atoms with Crippen LogP contribution in [0.15, 0.2) is 12.2 Å². The van der Waals surface area contributed by atoms with Gasteiger partial charge in [0.05, 0.1) is 0 Å². The lowest BCUT2D eigenvalue weighted by Gasteiger charge is -2.44. The molecule has 0 heteroatoms. The first kappa shape index (κ1) is 15.7. The van der Waals surface area contributed by atoms with Crippen molar-refractivity contribution in [3.05, 3.63) is 12.2 Å². The minimum atomic E-state index is 0.542. The van der Waals surface area contributed by atoms with Crippen LogP contribution in [-0.4, -0.2) is 0 Å². The molecule has 1 aliphatic carbocycles. The van der Waals surface area contributed by atoms with Crippen molar-refractivity contribution in [2.24, 2.45) is 23.2 Å². The zero-order chi connectivity index (χ0) is 12.9. The molecule has 0 N–H and O–H groups in total. The van der Waals surface area contributed by atoms with Gasteiger partial charge in [0.1, 0.15) is 0 Å². The van der Waals surface area contributed by atoms with Crippen molar-refractivity contribution in [3.8, 4) is 0 Å². The van der Waals surface area contributed by atoms with E-state index in [1.807, 2.05) is 13.8 Å². The Bertz CT molecular complexity index is 210. The van der Waals surface area contributed by atoms with Gasteiger partial charge in [0.15, 0.2) is 0 Å². The van der Waals surface area contributed by atoms with Gasteiger partial charge in [-0.25, -0.2) is 0 Å². The maximum Gasteiger partial charge on any atom is -0.0206 e. The van der Waals surface area contributed by atoms with Gasteiger partial charge in [-0.2, -0.15) is 0 Å². The van der Waals surface area contributed by atoms with Crippen LogP contribution in [0, 0.1) is 23.2 Å². The van der Waals surface area contributed by atoms with Crippen LogP contribution in [-0.2, 0) is 0 Å². The lowest BCUT2D eigenvalue weighted by molar-refractivity contribution is 0.0727. The van der Waals surface area contributed by atoms with Crippen LogP contribution < -0.4 is 0 Å². The summed E-state index contributed by atoms with van der Waals surface area (Å²) in [5.41, 5.74) is 1.94. The van der Waals surface area contributed by atoms with E-state index in [9.17, 15) is 0 Å². The molecule has 2 unspecified atom stereocenters. The normalized spacial score (nSPS) is 28.2. The maximum absolute atomic E-state index is 4.12. The van der Waals surface area contributed by atoms with Gasteiger partial charge in [-0.15, -0.1) is 0 Å². The highest BCUT2D eigenvalue weighted by Crippen LogP contribution is 2.47.